The minimum Gasteiger partial charge on any atom is -0.390 e. The molecule has 0 amide bonds. The highest BCUT2D eigenvalue weighted by atomic mass is 35.5. The van der Waals surface area contributed by atoms with E-state index in [9.17, 15) is 19.8 Å². The molecule has 5 fully saturated rings. The van der Waals surface area contributed by atoms with Gasteiger partial charge >= 0.3 is 0 Å². The Hall–Kier alpha value is -1.71. The van der Waals surface area contributed by atoms with Gasteiger partial charge < -0.3 is 10.2 Å². The maximum atomic E-state index is 17.5. The van der Waals surface area contributed by atoms with Crippen molar-refractivity contribution in [3.8, 4) is 0 Å². The van der Waals surface area contributed by atoms with Gasteiger partial charge in [-0.3, -0.25) is 14.4 Å². The van der Waals surface area contributed by atoms with E-state index in [1.807, 2.05) is 25.2 Å². The van der Waals surface area contributed by atoms with Crippen LogP contribution in [0.25, 0.3) is 0 Å². The predicted molar refractivity (Wildman–Crippen MR) is 144 cm³/mol. The Balaban J connectivity index is 1.32. The molecule has 3 unspecified atom stereocenters. The van der Waals surface area contributed by atoms with Gasteiger partial charge in [0.1, 0.15) is 18.4 Å². The van der Waals surface area contributed by atoms with Gasteiger partial charge in [-0.15, -0.1) is 11.6 Å². The van der Waals surface area contributed by atoms with Crippen molar-refractivity contribution in [2.24, 2.45) is 34.0 Å². The van der Waals surface area contributed by atoms with Crippen LogP contribution >= 0.6 is 11.6 Å². The Morgan fingerprint density at radius 1 is 1.25 bits per heavy atom. The third-order valence-electron chi connectivity index (χ3n) is 12.2. The molecule has 40 heavy (non-hydrogen) atoms. The Bertz CT molecular complexity index is 1310. The average Bonchev–Trinajstić information content (AvgIpc) is 3.24. The van der Waals surface area contributed by atoms with Crippen molar-refractivity contribution in [1.82, 2.24) is 5.06 Å². The zero-order valence-electron chi connectivity index (χ0n) is 22.8. The largest absolute Gasteiger partial charge is 0.390 e. The summed E-state index contributed by atoms with van der Waals surface area (Å²) in [6.45, 7) is 3.62. The van der Waals surface area contributed by atoms with Crippen molar-refractivity contribution >= 4 is 23.2 Å². The summed E-state index contributed by atoms with van der Waals surface area (Å²) < 4.78 is 33.7. The number of halogens is 3. The van der Waals surface area contributed by atoms with Crippen LogP contribution in [0.5, 0.6) is 0 Å². The van der Waals surface area contributed by atoms with Crippen molar-refractivity contribution in [2.45, 2.75) is 74.9 Å². The molecule has 0 aromatic rings. The van der Waals surface area contributed by atoms with Crippen LogP contribution in [0.3, 0.4) is 0 Å². The Kier molecular flexibility index (Phi) is 5.73. The van der Waals surface area contributed by atoms with E-state index in [1.54, 1.807) is 12.0 Å². The zero-order chi connectivity index (χ0) is 28.5. The summed E-state index contributed by atoms with van der Waals surface area (Å²) in [6.07, 6.45) is 7.89. The highest BCUT2D eigenvalue weighted by molar-refractivity contribution is 6.22. The van der Waals surface area contributed by atoms with Gasteiger partial charge in [0.2, 0.25) is 0 Å². The zero-order valence-corrected chi connectivity index (χ0v) is 23.5. The molecule has 11 atom stereocenters. The number of nitrogens with zero attached hydrogens (tertiary/aromatic N) is 1. The summed E-state index contributed by atoms with van der Waals surface area (Å²) in [7, 11) is 0. The summed E-state index contributed by atoms with van der Waals surface area (Å²) in [5.74, 6) is -1.63. The van der Waals surface area contributed by atoms with E-state index in [1.165, 1.54) is 18.2 Å². The number of ketones is 2. The van der Waals surface area contributed by atoms with E-state index in [2.05, 4.69) is 0 Å². The second-order valence-electron chi connectivity index (χ2n) is 13.7. The topological polar surface area (TPSA) is 87.1 Å². The van der Waals surface area contributed by atoms with Crippen molar-refractivity contribution in [3.05, 3.63) is 47.6 Å². The number of aliphatic hydroxyl groups excluding tert-OH is 2. The number of hydroxylamine groups is 2. The maximum Gasteiger partial charge on any atom is 0.192 e. The average molecular weight is 576 g/mol. The lowest BCUT2D eigenvalue weighted by Crippen LogP contribution is -2.60. The molecule has 1 spiro atoms. The molecule has 1 saturated heterocycles. The van der Waals surface area contributed by atoms with Crippen LogP contribution < -0.4 is 0 Å². The molecule has 1 heterocycles. The van der Waals surface area contributed by atoms with Crippen LogP contribution in [0.15, 0.2) is 47.6 Å². The number of allylic oxidation sites excluding steroid dienone is 7. The Labute approximate surface area is 237 Å². The highest BCUT2D eigenvalue weighted by Gasteiger charge is 2.88. The molecule has 1 aliphatic heterocycles. The summed E-state index contributed by atoms with van der Waals surface area (Å²) >= 11 is 6.33. The van der Waals surface area contributed by atoms with Gasteiger partial charge in [0.05, 0.1) is 11.5 Å². The molecule has 9 heteroatoms. The molecule has 2 N–H and O–H groups in total. The van der Waals surface area contributed by atoms with Crippen LogP contribution in [0.2, 0.25) is 0 Å². The van der Waals surface area contributed by atoms with Gasteiger partial charge in [-0.25, -0.2) is 8.78 Å². The van der Waals surface area contributed by atoms with E-state index >= 15 is 8.78 Å². The third-order valence-corrected chi connectivity index (χ3v) is 12.5. The van der Waals surface area contributed by atoms with Crippen molar-refractivity contribution in [1.29, 1.82) is 0 Å². The van der Waals surface area contributed by atoms with E-state index in [0.29, 0.717) is 25.9 Å². The lowest BCUT2D eigenvalue weighted by molar-refractivity contribution is -0.239. The van der Waals surface area contributed by atoms with Gasteiger partial charge in [-0.1, -0.05) is 36.8 Å². The second-order valence-corrected chi connectivity index (χ2v) is 14.2. The molecular weight excluding hydrogens is 540 g/mol. The highest BCUT2D eigenvalue weighted by Crippen LogP contribution is 2.86. The molecule has 2 bridgehead atoms. The van der Waals surface area contributed by atoms with Gasteiger partial charge in [0, 0.05) is 29.8 Å². The first-order valence-electron chi connectivity index (χ1n) is 14.4. The molecule has 0 radical (unpaired) electrons. The molecule has 4 saturated carbocycles. The van der Waals surface area contributed by atoms with Crippen LogP contribution in [0, 0.1) is 34.0 Å². The van der Waals surface area contributed by atoms with E-state index in [-0.39, 0.29) is 53.7 Å². The number of fused-ring (bicyclic) bond motifs is 5. The van der Waals surface area contributed by atoms with Gasteiger partial charge in [-0.2, -0.15) is 5.06 Å². The van der Waals surface area contributed by atoms with Gasteiger partial charge in [0.25, 0.3) is 0 Å². The first-order valence-corrected chi connectivity index (χ1v) is 14.8. The summed E-state index contributed by atoms with van der Waals surface area (Å²) in [5, 5.41) is 23.7. The van der Waals surface area contributed by atoms with Crippen LogP contribution in [-0.4, -0.2) is 75.5 Å². The predicted octanol–water partition coefficient (Wildman–Crippen LogP) is 3.96. The quantitative estimate of drug-likeness (QED) is 0.494. The van der Waals surface area contributed by atoms with E-state index in [4.69, 9.17) is 16.4 Å². The first kappa shape index (κ1) is 27.1. The van der Waals surface area contributed by atoms with E-state index in [0.717, 1.165) is 5.57 Å². The van der Waals surface area contributed by atoms with Gasteiger partial charge in [0.15, 0.2) is 17.2 Å². The van der Waals surface area contributed by atoms with Crippen LogP contribution in [-0.2, 0) is 14.4 Å². The summed E-state index contributed by atoms with van der Waals surface area (Å²) in [5.41, 5.74) is -5.72. The smallest absolute Gasteiger partial charge is 0.192 e. The summed E-state index contributed by atoms with van der Waals surface area (Å²) in [6, 6.07) is 0. The standard InChI is InChI=1S/C31H36ClF2NO5/c1-27-7-6-20(37)9-22(27)24(33)10-21-23-12-30(27,34)25(38)13-28(2)29(21,23)11-18-15-35(40-31(18,28)26(39)16-36)14-17-4-3-5-19(32)8-17/h3-7,9,18-19,21,23-25,36,38H,8,10-16H2,1-2H3/t18-,19?,21?,23?,24-,25-,27-,28-,29-,30-,31-/m0/s1. The number of carbonyl (C=O) groups is 2. The van der Waals surface area contributed by atoms with E-state index < -0.39 is 52.2 Å². The number of aliphatic hydroxyl groups is 2. The SMILES string of the molecule is C[C@]12C[C@H](O)[C@@]3(F)CC4C(C[C@H](F)C5=CC(=O)C=C[C@@]53C)[C@@]41C[C@H]1CN(CC3=CC=CC(Cl)C3)O[C@]12C(=O)CO. The molecule has 0 aromatic heterocycles. The molecule has 6 aliphatic carbocycles. The normalized spacial score (nSPS) is 52.5. The number of carbonyl (C=O) groups excluding carboxylic acids is 2. The van der Waals surface area contributed by atoms with Crippen LogP contribution in [0.4, 0.5) is 8.78 Å². The number of alkyl halides is 3. The molecular formula is C31H36ClF2NO5. The Morgan fingerprint density at radius 3 is 2.75 bits per heavy atom. The lowest BCUT2D eigenvalue weighted by atomic mass is 9.57. The minimum atomic E-state index is -2.24. The molecule has 7 rings (SSSR count). The Morgan fingerprint density at radius 2 is 2.02 bits per heavy atom. The fourth-order valence-corrected chi connectivity index (χ4v) is 10.7. The summed E-state index contributed by atoms with van der Waals surface area (Å²) in [4.78, 5) is 32.7. The maximum absolute atomic E-state index is 17.5. The molecule has 216 valence electrons. The molecule has 7 aliphatic rings. The number of rotatable bonds is 4. The monoisotopic (exact) mass is 575 g/mol. The number of hydrogen-bond acceptors (Lipinski definition) is 6. The second kappa shape index (κ2) is 8.44. The van der Waals surface area contributed by atoms with Crippen molar-refractivity contribution in [3.63, 3.8) is 0 Å². The number of hydrogen-bond donors (Lipinski definition) is 2. The fraction of sp³-hybridized carbons (Fsp3) is 0.677. The number of Topliss-reactive ketones (excluding diaryl/α,β-unsaturated/α-hetero) is 1. The van der Waals surface area contributed by atoms with Crippen molar-refractivity contribution in [2.75, 3.05) is 19.7 Å². The van der Waals surface area contributed by atoms with Crippen LogP contribution in [0.1, 0.15) is 46.0 Å². The molecule has 6 nitrogen and oxygen atoms in total. The lowest BCUT2D eigenvalue weighted by Gasteiger charge is -2.51. The van der Waals surface area contributed by atoms with Gasteiger partial charge in [-0.05, 0) is 74.0 Å². The third kappa shape index (κ3) is 3.07. The van der Waals surface area contributed by atoms with Crippen molar-refractivity contribution < 1.29 is 33.4 Å². The first-order chi connectivity index (χ1) is 18.9. The minimum absolute atomic E-state index is 0.0175. The molecule has 0 aromatic carbocycles. The fourth-order valence-electron chi connectivity index (χ4n) is 10.4.